The van der Waals surface area contributed by atoms with Crippen LogP contribution in [0.15, 0.2) is 48.8 Å². The number of piperazine rings is 1. The number of benzene rings is 1. The Balaban J connectivity index is 1.34. The molecule has 2 unspecified atom stereocenters. The van der Waals surface area contributed by atoms with Crippen LogP contribution >= 0.6 is 0 Å². The van der Waals surface area contributed by atoms with Crippen LogP contribution in [0.4, 0.5) is 5.69 Å². The van der Waals surface area contributed by atoms with E-state index in [1.807, 2.05) is 16.9 Å². The molecule has 0 amide bonds. The van der Waals surface area contributed by atoms with E-state index in [1.54, 1.807) is 6.20 Å². The second-order valence-electron chi connectivity index (χ2n) is 6.81. The van der Waals surface area contributed by atoms with Crippen molar-refractivity contribution in [3.63, 3.8) is 0 Å². The van der Waals surface area contributed by atoms with Gasteiger partial charge in [0, 0.05) is 63.4 Å². The first-order chi connectivity index (χ1) is 12.2. The van der Waals surface area contributed by atoms with Crippen LogP contribution in [0, 0.1) is 0 Å². The number of hydrogen-bond acceptors (Lipinski definition) is 5. The second-order valence-corrected chi connectivity index (χ2v) is 6.81. The molecule has 2 N–H and O–H groups in total. The highest BCUT2D eigenvalue weighted by molar-refractivity contribution is 5.46. The Morgan fingerprint density at radius 3 is 2.52 bits per heavy atom. The molecule has 1 aromatic heterocycles. The summed E-state index contributed by atoms with van der Waals surface area (Å²) in [7, 11) is 0. The van der Waals surface area contributed by atoms with Crippen LogP contribution in [0.2, 0.25) is 0 Å². The number of rotatable bonds is 8. The quantitative estimate of drug-likeness (QED) is 0.750. The van der Waals surface area contributed by atoms with Crippen molar-refractivity contribution in [1.82, 2.24) is 20.0 Å². The number of aliphatic hydroxyl groups excluding tert-OH is 1. The Morgan fingerprint density at radius 1 is 1.08 bits per heavy atom. The van der Waals surface area contributed by atoms with E-state index in [4.69, 9.17) is 0 Å². The summed E-state index contributed by atoms with van der Waals surface area (Å²) in [6.07, 6.45) is 3.40. The molecular formula is C19H29N5O. The van der Waals surface area contributed by atoms with Crippen molar-refractivity contribution in [2.24, 2.45) is 0 Å². The number of nitrogens with zero attached hydrogens (tertiary/aromatic N) is 4. The zero-order valence-corrected chi connectivity index (χ0v) is 15.0. The summed E-state index contributed by atoms with van der Waals surface area (Å²) in [5.74, 6) is 0. The monoisotopic (exact) mass is 343 g/mol. The number of aliphatic hydroxyl groups is 1. The lowest BCUT2D eigenvalue weighted by Crippen LogP contribution is -2.50. The molecule has 0 spiro atoms. The van der Waals surface area contributed by atoms with Crippen molar-refractivity contribution in [1.29, 1.82) is 0 Å². The maximum atomic E-state index is 10.3. The highest BCUT2D eigenvalue weighted by Crippen LogP contribution is 2.15. The minimum Gasteiger partial charge on any atom is -0.390 e. The molecule has 2 atom stereocenters. The third-order valence-electron chi connectivity index (χ3n) is 4.68. The van der Waals surface area contributed by atoms with Gasteiger partial charge >= 0.3 is 0 Å². The molecule has 1 saturated heterocycles. The molecule has 3 rings (SSSR count). The van der Waals surface area contributed by atoms with Gasteiger partial charge in [-0.2, -0.15) is 5.10 Å². The lowest BCUT2D eigenvalue weighted by molar-refractivity contribution is 0.105. The minimum absolute atomic E-state index is 0.282. The van der Waals surface area contributed by atoms with E-state index in [-0.39, 0.29) is 12.1 Å². The Morgan fingerprint density at radius 2 is 1.84 bits per heavy atom. The number of nitrogens with one attached hydrogen (secondary N) is 1. The van der Waals surface area contributed by atoms with E-state index in [0.29, 0.717) is 6.54 Å². The van der Waals surface area contributed by atoms with Crippen LogP contribution in [0.5, 0.6) is 0 Å². The van der Waals surface area contributed by atoms with E-state index >= 15 is 0 Å². The molecule has 25 heavy (non-hydrogen) atoms. The normalized spacial score (nSPS) is 18.2. The summed E-state index contributed by atoms with van der Waals surface area (Å²) < 4.78 is 1.91. The largest absolute Gasteiger partial charge is 0.390 e. The fourth-order valence-corrected chi connectivity index (χ4v) is 3.28. The third-order valence-corrected chi connectivity index (χ3v) is 4.68. The summed E-state index contributed by atoms with van der Waals surface area (Å²) in [5, 5.41) is 17.9. The van der Waals surface area contributed by atoms with E-state index < -0.39 is 0 Å². The van der Waals surface area contributed by atoms with Crippen molar-refractivity contribution >= 4 is 5.69 Å². The van der Waals surface area contributed by atoms with Crippen LogP contribution in [0.25, 0.3) is 0 Å². The summed E-state index contributed by atoms with van der Waals surface area (Å²) in [5.41, 5.74) is 1.29. The van der Waals surface area contributed by atoms with Crippen molar-refractivity contribution in [3.05, 3.63) is 48.8 Å². The first-order valence-corrected chi connectivity index (χ1v) is 9.12. The predicted octanol–water partition coefficient (Wildman–Crippen LogP) is 1.04. The van der Waals surface area contributed by atoms with Gasteiger partial charge in [-0.1, -0.05) is 18.2 Å². The van der Waals surface area contributed by atoms with E-state index in [0.717, 1.165) is 39.3 Å². The molecule has 136 valence electrons. The zero-order chi connectivity index (χ0) is 17.5. The third kappa shape index (κ3) is 5.56. The summed E-state index contributed by atoms with van der Waals surface area (Å²) in [4.78, 5) is 4.76. The van der Waals surface area contributed by atoms with E-state index in [2.05, 4.69) is 57.5 Å². The summed E-state index contributed by atoms with van der Waals surface area (Å²) in [6.45, 7) is 8.29. The molecule has 1 aromatic carbocycles. The van der Waals surface area contributed by atoms with Gasteiger partial charge in [-0.05, 0) is 25.1 Å². The smallest absolute Gasteiger partial charge is 0.0791 e. The molecule has 6 nitrogen and oxygen atoms in total. The first-order valence-electron chi connectivity index (χ1n) is 9.12. The highest BCUT2D eigenvalue weighted by atomic mass is 16.3. The van der Waals surface area contributed by atoms with Gasteiger partial charge in [0.1, 0.15) is 0 Å². The molecule has 6 heteroatoms. The molecule has 1 aliphatic heterocycles. The molecule has 2 heterocycles. The molecule has 2 aromatic rings. The maximum absolute atomic E-state index is 10.3. The lowest BCUT2D eigenvalue weighted by atomic mass is 10.2. The molecule has 0 radical (unpaired) electrons. The topological polar surface area (TPSA) is 56.6 Å². The Labute approximate surface area is 150 Å². The van der Waals surface area contributed by atoms with Crippen LogP contribution in [-0.2, 0) is 6.54 Å². The van der Waals surface area contributed by atoms with Crippen molar-refractivity contribution < 1.29 is 5.11 Å². The van der Waals surface area contributed by atoms with Gasteiger partial charge in [-0.25, -0.2) is 0 Å². The maximum Gasteiger partial charge on any atom is 0.0791 e. The second kappa shape index (κ2) is 8.99. The average molecular weight is 343 g/mol. The van der Waals surface area contributed by atoms with Crippen molar-refractivity contribution in [2.75, 3.05) is 44.2 Å². The summed E-state index contributed by atoms with van der Waals surface area (Å²) in [6, 6.07) is 12.8. The molecular weight excluding hydrogens is 314 g/mol. The fourth-order valence-electron chi connectivity index (χ4n) is 3.28. The SMILES string of the molecule is CC(Cn1cccn1)NCC(O)CN1CCN(c2ccccc2)CC1. The number of hydrogen-bond donors (Lipinski definition) is 2. The number of aromatic nitrogens is 2. The summed E-state index contributed by atoms with van der Waals surface area (Å²) >= 11 is 0. The Hall–Kier alpha value is -1.89. The lowest BCUT2D eigenvalue weighted by Gasteiger charge is -2.37. The van der Waals surface area contributed by atoms with Crippen LogP contribution in [0.3, 0.4) is 0 Å². The van der Waals surface area contributed by atoms with Gasteiger partial charge in [-0.15, -0.1) is 0 Å². The average Bonchev–Trinajstić information content (AvgIpc) is 3.14. The van der Waals surface area contributed by atoms with E-state index in [9.17, 15) is 5.11 Å². The Bertz CT molecular complexity index is 596. The Kier molecular flexibility index (Phi) is 6.44. The molecule has 1 fully saturated rings. The fraction of sp³-hybridized carbons (Fsp3) is 0.526. The molecule has 0 aliphatic carbocycles. The van der Waals surface area contributed by atoms with Crippen LogP contribution in [-0.4, -0.2) is 71.2 Å². The van der Waals surface area contributed by atoms with E-state index in [1.165, 1.54) is 5.69 Å². The van der Waals surface area contributed by atoms with Gasteiger partial charge in [0.15, 0.2) is 0 Å². The van der Waals surface area contributed by atoms with Gasteiger partial charge in [0.25, 0.3) is 0 Å². The van der Waals surface area contributed by atoms with Crippen molar-refractivity contribution in [2.45, 2.75) is 25.6 Å². The first kappa shape index (κ1) is 17.9. The molecule has 0 saturated carbocycles. The van der Waals surface area contributed by atoms with Gasteiger partial charge in [-0.3, -0.25) is 9.58 Å². The molecule has 0 bridgehead atoms. The predicted molar refractivity (Wildman–Crippen MR) is 101 cm³/mol. The zero-order valence-electron chi connectivity index (χ0n) is 15.0. The van der Waals surface area contributed by atoms with Crippen LogP contribution in [0.1, 0.15) is 6.92 Å². The van der Waals surface area contributed by atoms with Gasteiger partial charge in [0.2, 0.25) is 0 Å². The minimum atomic E-state index is -0.344. The standard InChI is InChI=1S/C19H29N5O/c1-17(15-24-9-5-8-21-24)20-14-19(25)16-22-10-12-23(13-11-22)18-6-3-2-4-7-18/h2-9,17,19-20,25H,10-16H2,1H3. The van der Waals surface area contributed by atoms with Crippen molar-refractivity contribution in [3.8, 4) is 0 Å². The number of anilines is 1. The van der Waals surface area contributed by atoms with Gasteiger partial charge < -0.3 is 15.3 Å². The number of para-hydroxylation sites is 1. The highest BCUT2D eigenvalue weighted by Gasteiger charge is 2.19. The van der Waals surface area contributed by atoms with Gasteiger partial charge in [0.05, 0.1) is 12.6 Å². The van der Waals surface area contributed by atoms with Crippen LogP contribution < -0.4 is 10.2 Å². The molecule has 1 aliphatic rings. The number of β-amino-alcohol motifs (C(OH)–C–C–N with tert-alkyl or cyclic N) is 1.